The Morgan fingerprint density at radius 3 is 1.68 bits per heavy atom. The zero-order valence-electron chi connectivity index (χ0n) is 39.8. The number of benzene rings is 7. The van der Waals surface area contributed by atoms with Crippen LogP contribution in [0.4, 0.5) is 4.79 Å². The average molecular weight is 942 g/mol. The number of nitrogens with one attached hydrogen (secondary N) is 2. The fourth-order valence-electron chi connectivity index (χ4n) is 9.95. The second-order valence-corrected chi connectivity index (χ2v) is 18.3. The number of alkyl carbamates (subject to hydrolysis) is 1. The Morgan fingerprint density at radius 1 is 0.620 bits per heavy atom. The normalized spacial score (nSPS) is 13.4. The molecular weight excluding hydrogens is 883 g/mol. The van der Waals surface area contributed by atoms with Crippen molar-refractivity contribution < 1.29 is 23.9 Å². The van der Waals surface area contributed by atoms with E-state index in [1.165, 1.54) is 10.5 Å². The van der Waals surface area contributed by atoms with E-state index < -0.39 is 23.6 Å². The minimum Gasteiger partial charge on any atom is -0.489 e. The van der Waals surface area contributed by atoms with Crippen LogP contribution in [0.3, 0.4) is 0 Å². The maximum absolute atomic E-state index is 15.4. The summed E-state index contributed by atoms with van der Waals surface area (Å²) in [5, 5.41) is 6.14. The van der Waals surface area contributed by atoms with Gasteiger partial charge >= 0.3 is 6.09 Å². The molecule has 0 bridgehead atoms. The Kier molecular flexibility index (Phi) is 15.4. The molecule has 0 spiro atoms. The summed E-state index contributed by atoms with van der Waals surface area (Å²) >= 11 is 0. The van der Waals surface area contributed by atoms with Crippen molar-refractivity contribution in [3.63, 3.8) is 0 Å². The van der Waals surface area contributed by atoms with Gasteiger partial charge in [-0.25, -0.2) is 9.78 Å². The van der Waals surface area contributed by atoms with E-state index in [9.17, 15) is 9.59 Å². The van der Waals surface area contributed by atoms with Crippen LogP contribution < -0.4 is 15.4 Å². The third-order valence-corrected chi connectivity index (χ3v) is 13.6. The van der Waals surface area contributed by atoms with Crippen molar-refractivity contribution >= 4 is 17.9 Å². The molecule has 8 aromatic rings. The predicted molar refractivity (Wildman–Crippen MR) is 276 cm³/mol. The molecule has 0 saturated heterocycles. The molecule has 0 radical (unpaired) electrons. The van der Waals surface area contributed by atoms with Gasteiger partial charge in [-0.05, 0) is 63.9 Å². The summed E-state index contributed by atoms with van der Waals surface area (Å²) in [4.78, 5) is 49.9. The molecule has 3 amide bonds. The predicted octanol–water partition coefficient (Wildman–Crippen LogP) is 10.8. The second kappa shape index (κ2) is 22.9. The molecule has 10 nitrogen and oxygen atoms in total. The lowest BCUT2D eigenvalue weighted by Crippen LogP contribution is -2.52. The van der Waals surface area contributed by atoms with Crippen LogP contribution >= 0.6 is 0 Å². The Labute approximate surface area is 416 Å². The number of hydrogen-bond donors (Lipinski definition) is 2. The standard InChI is InChI=1S/C61H59N5O5/c67-57(62-45-60(37-19-20-38-60)50-25-11-3-12-26-50)42-65(40-47-33-35-55(36-34-47)70-43-48-21-7-1-8-22-48)58(68)56(64-59(69)71-44-49-23-9-2-10-24-49)39-54-41-66(46-63-54)61(51-27-13-4-14-28-51,52-29-15-5-16-30-52)53-31-17-6-18-32-53/h1-18,21-36,41,46,56H,19-20,37-40,42-45H2,(H,62,67)(H,64,69)/t56-/m0/s1. The second-order valence-electron chi connectivity index (χ2n) is 18.3. The molecule has 10 heteroatoms. The van der Waals surface area contributed by atoms with Crippen molar-refractivity contribution in [2.45, 2.75) is 68.9 Å². The molecule has 1 aliphatic rings. The highest BCUT2D eigenvalue weighted by molar-refractivity contribution is 5.90. The third kappa shape index (κ3) is 11.6. The third-order valence-electron chi connectivity index (χ3n) is 13.6. The van der Waals surface area contributed by atoms with E-state index in [0.717, 1.165) is 59.1 Å². The van der Waals surface area contributed by atoms with E-state index in [2.05, 4.69) is 63.7 Å². The lowest BCUT2D eigenvalue weighted by molar-refractivity contribution is -0.138. The Hall–Kier alpha value is -8.24. The molecule has 2 N–H and O–H groups in total. The van der Waals surface area contributed by atoms with Crippen LogP contribution in [-0.2, 0) is 51.5 Å². The number of ether oxygens (including phenoxy) is 2. The van der Waals surface area contributed by atoms with Gasteiger partial charge < -0.3 is 29.6 Å². The van der Waals surface area contributed by atoms with Gasteiger partial charge in [-0.1, -0.05) is 207 Å². The molecule has 1 heterocycles. The number of carbonyl (C=O) groups is 3. The maximum Gasteiger partial charge on any atom is 0.408 e. The number of carbonyl (C=O) groups excluding carboxylic acids is 3. The first-order chi connectivity index (χ1) is 34.9. The number of imidazole rings is 1. The largest absolute Gasteiger partial charge is 0.489 e. The number of nitrogens with zero attached hydrogens (tertiary/aromatic N) is 3. The van der Waals surface area contributed by atoms with Crippen molar-refractivity contribution in [2.24, 2.45) is 0 Å². The van der Waals surface area contributed by atoms with Crippen LogP contribution in [0.25, 0.3) is 0 Å². The number of rotatable bonds is 20. The van der Waals surface area contributed by atoms with Crippen LogP contribution in [0.1, 0.15) is 70.3 Å². The average Bonchev–Trinajstić information content (AvgIpc) is 4.12. The fourth-order valence-corrected chi connectivity index (χ4v) is 9.95. The SMILES string of the molecule is O=C(CN(Cc1ccc(OCc2ccccc2)cc1)C(=O)[C@H](Cc1cn(C(c2ccccc2)(c2ccccc2)c2ccccc2)cn1)NC(=O)OCc1ccccc1)NCC1(c2ccccc2)CCCC1. The van der Waals surface area contributed by atoms with Gasteiger partial charge in [-0.2, -0.15) is 0 Å². The molecule has 1 saturated carbocycles. The molecule has 1 aromatic heterocycles. The fraction of sp³-hybridized carbons (Fsp3) is 0.213. The summed E-state index contributed by atoms with van der Waals surface area (Å²) in [5.41, 5.74) is 6.36. The lowest BCUT2D eigenvalue weighted by atomic mass is 9.77. The van der Waals surface area contributed by atoms with E-state index in [-0.39, 0.29) is 37.4 Å². The van der Waals surface area contributed by atoms with Gasteiger partial charge in [0.05, 0.1) is 18.6 Å². The Bertz CT molecular complexity index is 2830. The van der Waals surface area contributed by atoms with E-state index in [0.29, 0.717) is 24.6 Å². The molecule has 71 heavy (non-hydrogen) atoms. The molecular formula is C61H59N5O5. The van der Waals surface area contributed by atoms with E-state index >= 15 is 4.79 Å². The summed E-state index contributed by atoms with van der Waals surface area (Å²) in [5.74, 6) is -0.0869. The maximum atomic E-state index is 15.4. The van der Waals surface area contributed by atoms with Gasteiger partial charge in [0.15, 0.2) is 0 Å². The number of amides is 3. The van der Waals surface area contributed by atoms with Crippen molar-refractivity contribution in [3.05, 3.63) is 263 Å². The lowest BCUT2D eigenvalue weighted by Gasteiger charge is -2.37. The highest BCUT2D eigenvalue weighted by Gasteiger charge is 2.40. The van der Waals surface area contributed by atoms with Crippen LogP contribution in [-0.4, -0.2) is 51.5 Å². The first kappa shape index (κ1) is 47.8. The first-order valence-electron chi connectivity index (χ1n) is 24.4. The summed E-state index contributed by atoms with van der Waals surface area (Å²) in [7, 11) is 0. The smallest absolute Gasteiger partial charge is 0.408 e. The molecule has 0 aliphatic heterocycles. The first-order valence-corrected chi connectivity index (χ1v) is 24.4. The van der Waals surface area contributed by atoms with Gasteiger partial charge in [-0.15, -0.1) is 0 Å². The minimum atomic E-state index is -1.17. The van der Waals surface area contributed by atoms with Crippen LogP contribution in [0, 0.1) is 0 Å². The molecule has 1 aliphatic carbocycles. The summed E-state index contributed by atoms with van der Waals surface area (Å²) in [6, 6.07) is 66.8. The van der Waals surface area contributed by atoms with Crippen molar-refractivity contribution in [3.8, 4) is 5.75 Å². The van der Waals surface area contributed by atoms with Crippen molar-refractivity contribution in [2.75, 3.05) is 13.1 Å². The molecule has 9 rings (SSSR count). The summed E-state index contributed by atoms with van der Waals surface area (Å²) < 4.78 is 13.9. The molecule has 1 fully saturated rings. The van der Waals surface area contributed by atoms with Gasteiger partial charge in [0, 0.05) is 31.1 Å². The van der Waals surface area contributed by atoms with E-state index in [4.69, 9.17) is 14.5 Å². The van der Waals surface area contributed by atoms with E-state index in [1.54, 1.807) is 6.33 Å². The highest BCUT2D eigenvalue weighted by Crippen LogP contribution is 2.42. The van der Waals surface area contributed by atoms with Gasteiger partial charge in [-0.3, -0.25) is 9.59 Å². The van der Waals surface area contributed by atoms with Gasteiger partial charge in [0.25, 0.3) is 0 Å². The van der Waals surface area contributed by atoms with Crippen LogP contribution in [0.15, 0.2) is 219 Å². The highest BCUT2D eigenvalue weighted by atomic mass is 16.5. The number of aromatic nitrogens is 2. The molecule has 1 atom stereocenters. The molecule has 358 valence electrons. The Balaban J connectivity index is 1.04. The monoisotopic (exact) mass is 941 g/mol. The van der Waals surface area contributed by atoms with Gasteiger partial charge in [0.2, 0.25) is 11.8 Å². The van der Waals surface area contributed by atoms with Crippen LogP contribution in [0.5, 0.6) is 5.75 Å². The summed E-state index contributed by atoms with van der Waals surface area (Å²) in [6.07, 6.45) is 7.04. The topological polar surface area (TPSA) is 115 Å². The van der Waals surface area contributed by atoms with Gasteiger partial charge in [0.1, 0.15) is 30.5 Å². The quantitative estimate of drug-likeness (QED) is 0.0736. The Morgan fingerprint density at radius 2 is 1.13 bits per heavy atom. The summed E-state index contributed by atoms with van der Waals surface area (Å²) in [6.45, 7) is 0.689. The van der Waals surface area contributed by atoms with Crippen molar-refractivity contribution in [1.82, 2.24) is 25.1 Å². The zero-order valence-corrected chi connectivity index (χ0v) is 39.8. The zero-order chi connectivity index (χ0) is 48.7. The van der Waals surface area contributed by atoms with Crippen LogP contribution in [0.2, 0.25) is 0 Å². The van der Waals surface area contributed by atoms with Crippen molar-refractivity contribution in [1.29, 1.82) is 0 Å². The number of hydrogen-bond acceptors (Lipinski definition) is 6. The molecule has 0 unspecified atom stereocenters. The molecule has 7 aromatic carbocycles. The van der Waals surface area contributed by atoms with E-state index in [1.807, 2.05) is 164 Å². The minimum absolute atomic E-state index is 0.00220.